The van der Waals surface area contributed by atoms with E-state index in [1.165, 1.54) is 11.8 Å². The number of carbonyl (C=O) groups excluding carboxylic acids is 1. The van der Waals surface area contributed by atoms with Crippen molar-refractivity contribution in [3.05, 3.63) is 51.8 Å². The molecule has 0 atom stereocenters. The Labute approximate surface area is 140 Å². The van der Waals surface area contributed by atoms with Gasteiger partial charge in [-0.25, -0.2) is 9.50 Å². The number of fused-ring (bicyclic) bond motifs is 1. The zero-order valence-corrected chi connectivity index (χ0v) is 14.5. The van der Waals surface area contributed by atoms with Crippen LogP contribution < -0.4 is 0 Å². The number of halogens is 1. The maximum atomic E-state index is 12.2. The van der Waals surface area contributed by atoms with Gasteiger partial charge in [-0.2, -0.15) is 4.98 Å². The van der Waals surface area contributed by atoms with Crippen molar-refractivity contribution < 1.29 is 4.79 Å². The van der Waals surface area contributed by atoms with Gasteiger partial charge in [-0.15, -0.1) is 5.10 Å². The molecule has 0 saturated heterocycles. The van der Waals surface area contributed by atoms with Crippen molar-refractivity contribution >= 4 is 39.3 Å². The Hall–Kier alpha value is -1.73. The predicted octanol–water partition coefficient (Wildman–Crippen LogP) is 3.48. The van der Waals surface area contributed by atoms with Crippen molar-refractivity contribution in [2.75, 3.05) is 5.75 Å². The van der Waals surface area contributed by atoms with Crippen LogP contribution in [-0.4, -0.2) is 31.1 Å². The van der Waals surface area contributed by atoms with Gasteiger partial charge in [-0.1, -0.05) is 39.8 Å². The summed E-state index contributed by atoms with van der Waals surface area (Å²) in [6, 6.07) is 9.27. The number of rotatable bonds is 4. The van der Waals surface area contributed by atoms with Crippen LogP contribution in [0.1, 0.15) is 21.7 Å². The molecule has 0 unspecified atom stereocenters. The smallest absolute Gasteiger partial charge is 0.253 e. The molecule has 2 aromatic heterocycles. The molecule has 0 radical (unpaired) electrons. The average molecular weight is 377 g/mol. The summed E-state index contributed by atoms with van der Waals surface area (Å²) in [5.41, 5.74) is 2.56. The molecule has 1 aromatic carbocycles. The van der Waals surface area contributed by atoms with Gasteiger partial charge in [-0.3, -0.25) is 4.79 Å². The lowest BCUT2D eigenvalue weighted by molar-refractivity contribution is 0.102. The number of thioether (sulfide) groups is 1. The van der Waals surface area contributed by atoms with Crippen LogP contribution in [-0.2, 0) is 0 Å². The van der Waals surface area contributed by atoms with Crippen LogP contribution in [0.25, 0.3) is 5.78 Å². The van der Waals surface area contributed by atoms with E-state index in [9.17, 15) is 4.79 Å². The summed E-state index contributed by atoms with van der Waals surface area (Å²) in [4.78, 5) is 20.8. The summed E-state index contributed by atoms with van der Waals surface area (Å²) in [7, 11) is 0. The highest BCUT2D eigenvalue weighted by molar-refractivity contribution is 9.10. The van der Waals surface area contributed by atoms with Gasteiger partial charge in [0.05, 0.1) is 5.75 Å². The molecule has 0 N–H and O–H groups in total. The van der Waals surface area contributed by atoms with Crippen LogP contribution in [0.2, 0.25) is 0 Å². The maximum absolute atomic E-state index is 12.2. The molecule has 0 spiro atoms. The van der Waals surface area contributed by atoms with Gasteiger partial charge in [0, 0.05) is 21.4 Å². The number of Topliss-reactive ketones (excluding diaryl/α,β-unsaturated/α-hetero) is 1. The molecule has 0 bridgehead atoms. The third-order valence-electron chi connectivity index (χ3n) is 3.10. The number of aryl methyl sites for hydroxylation is 2. The monoisotopic (exact) mass is 376 g/mol. The predicted molar refractivity (Wildman–Crippen MR) is 89.5 cm³/mol. The van der Waals surface area contributed by atoms with Crippen molar-refractivity contribution in [1.29, 1.82) is 0 Å². The lowest BCUT2D eigenvalue weighted by atomic mass is 10.2. The second-order valence-electron chi connectivity index (χ2n) is 4.86. The fourth-order valence-corrected chi connectivity index (χ4v) is 3.04. The number of benzene rings is 1. The van der Waals surface area contributed by atoms with Crippen LogP contribution in [0.4, 0.5) is 0 Å². The van der Waals surface area contributed by atoms with Gasteiger partial charge in [-0.05, 0) is 32.0 Å². The van der Waals surface area contributed by atoms with Crippen LogP contribution >= 0.6 is 27.7 Å². The molecule has 3 aromatic rings. The number of hydrogen-bond acceptors (Lipinski definition) is 5. The van der Waals surface area contributed by atoms with E-state index in [1.54, 1.807) is 16.6 Å². The minimum absolute atomic E-state index is 0.0530. The Morgan fingerprint density at radius 3 is 2.68 bits per heavy atom. The minimum Gasteiger partial charge on any atom is -0.293 e. The summed E-state index contributed by atoms with van der Waals surface area (Å²) < 4.78 is 2.65. The fraction of sp³-hybridized carbons (Fsp3) is 0.200. The molecule has 0 aliphatic rings. The maximum Gasteiger partial charge on any atom is 0.253 e. The number of hydrogen-bond donors (Lipinski definition) is 0. The molecule has 0 aliphatic carbocycles. The lowest BCUT2D eigenvalue weighted by Gasteiger charge is -1.99. The van der Waals surface area contributed by atoms with Crippen LogP contribution in [0.15, 0.2) is 40.0 Å². The first-order valence-electron chi connectivity index (χ1n) is 6.65. The molecule has 112 valence electrons. The molecular formula is C15H13BrN4OS. The van der Waals surface area contributed by atoms with Gasteiger partial charge < -0.3 is 0 Å². The highest BCUT2D eigenvalue weighted by Crippen LogP contribution is 2.18. The minimum atomic E-state index is 0.0530. The van der Waals surface area contributed by atoms with E-state index in [4.69, 9.17) is 0 Å². The summed E-state index contributed by atoms with van der Waals surface area (Å²) in [6.45, 7) is 3.88. The number of carbonyl (C=O) groups is 1. The molecule has 0 saturated carbocycles. The Morgan fingerprint density at radius 1 is 1.23 bits per heavy atom. The molecule has 5 nitrogen and oxygen atoms in total. The van der Waals surface area contributed by atoms with Crippen LogP contribution in [0, 0.1) is 13.8 Å². The lowest BCUT2D eigenvalue weighted by Crippen LogP contribution is -2.02. The second-order valence-corrected chi connectivity index (χ2v) is 6.72. The van der Waals surface area contributed by atoms with Gasteiger partial charge >= 0.3 is 0 Å². The Morgan fingerprint density at radius 2 is 1.95 bits per heavy atom. The molecule has 3 rings (SSSR count). The fourth-order valence-electron chi connectivity index (χ4n) is 2.06. The second kappa shape index (κ2) is 6.18. The first-order chi connectivity index (χ1) is 10.5. The zero-order chi connectivity index (χ0) is 15.7. The Balaban J connectivity index is 1.75. The molecule has 2 heterocycles. The van der Waals surface area contributed by atoms with Crippen LogP contribution in [0.3, 0.4) is 0 Å². The summed E-state index contributed by atoms with van der Waals surface area (Å²) in [5.74, 6) is 0.921. The normalized spacial score (nSPS) is 11.0. The summed E-state index contributed by atoms with van der Waals surface area (Å²) in [5, 5.41) is 4.94. The van der Waals surface area contributed by atoms with Gasteiger partial charge in [0.25, 0.3) is 5.78 Å². The van der Waals surface area contributed by atoms with E-state index in [2.05, 4.69) is 31.0 Å². The first-order valence-corrected chi connectivity index (χ1v) is 8.43. The number of aromatic nitrogens is 4. The summed E-state index contributed by atoms with van der Waals surface area (Å²) >= 11 is 4.68. The van der Waals surface area contributed by atoms with Crippen molar-refractivity contribution in [2.45, 2.75) is 19.0 Å². The highest BCUT2D eigenvalue weighted by Gasteiger charge is 2.11. The van der Waals surface area contributed by atoms with E-state index >= 15 is 0 Å². The zero-order valence-electron chi connectivity index (χ0n) is 12.1. The Bertz CT molecular complexity index is 845. The quantitative estimate of drug-likeness (QED) is 0.515. The third-order valence-corrected chi connectivity index (χ3v) is 4.46. The molecule has 0 aliphatic heterocycles. The van der Waals surface area contributed by atoms with Crippen molar-refractivity contribution in [2.24, 2.45) is 0 Å². The topological polar surface area (TPSA) is 60.2 Å². The van der Waals surface area contributed by atoms with Crippen molar-refractivity contribution in [3.63, 3.8) is 0 Å². The number of ketones is 1. The van der Waals surface area contributed by atoms with E-state index < -0.39 is 0 Å². The first kappa shape index (κ1) is 15.2. The van der Waals surface area contributed by atoms with Crippen molar-refractivity contribution in [3.8, 4) is 0 Å². The van der Waals surface area contributed by atoms with Gasteiger partial charge in [0.15, 0.2) is 5.78 Å². The molecular weight excluding hydrogens is 364 g/mol. The molecule has 22 heavy (non-hydrogen) atoms. The molecule has 7 heteroatoms. The van der Waals surface area contributed by atoms with E-state index in [-0.39, 0.29) is 5.78 Å². The van der Waals surface area contributed by atoms with Crippen LogP contribution in [0.5, 0.6) is 0 Å². The molecule has 0 amide bonds. The van der Waals surface area contributed by atoms with Gasteiger partial charge in [0.1, 0.15) is 0 Å². The van der Waals surface area contributed by atoms with E-state index in [1.807, 2.05) is 32.0 Å². The number of nitrogens with zero attached hydrogens (tertiary/aromatic N) is 4. The standard InChI is InChI=1S/C15H13BrN4OS/c1-9-7-10(2)20-14(17-9)18-15(19-20)22-8-13(21)11-3-5-12(16)6-4-11/h3-7H,8H2,1-2H3. The third kappa shape index (κ3) is 3.20. The van der Waals surface area contributed by atoms with E-state index in [0.29, 0.717) is 22.3 Å². The van der Waals surface area contributed by atoms with E-state index in [0.717, 1.165) is 15.9 Å². The molecule has 0 fully saturated rings. The largest absolute Gasteiger partial charge is 0.293 e. The average Bonchev–Trinajstić information content (AvgIpc) is 2.89. The van der Waals surface area contributed by atoms with Gasteiger partial charge in [0.2, 0.25) is 5.16 Å². The highest BCUT2D eigenvalue weighted by atomic mass is 79.9. The van der Waals surface area contributed by atoms with Crippen molar-refractivity contribution in [1.82, 2.24) is 19.6 Å². The summed E-state index contributed by atoms with van der Waals surface area (Å²) in [6.07, 6.45) is 0. The Kier molecular flexibility index (Phi) is 4.26. The SMILES string of the molecule is Cc1cc(C)n2nc(SCC(=O)c3ccc(Br)cc3)nc2n1.